The standard InChI is InChI=1S/C12H17N3O/c1-10(9-14-15-12(13)16)7-8-11-5-3-2-4-6-11/h2-6,9-10H,7-8H2,1H3,(H3,13,15,16)/b14-9+. The minimum absolute atomic E-state index is 0.312. The third-order valence-electron chi connectivity index (χ3n) is 2.23. The van der Waals surface area contributed by atoms with E-state index in [2.05, 4.69) is 29.6 Å². The van der Waals surface area contributed by atoms with Crippen molar-refractivity contribution in [1.29, 1.82) is 0 Å². The lowest BCUT2D eigenvalue weighted by Gasteiger charge is -2.05. The van der Waals surface area contributed by atoms with Gasteiger partial charge in [0, 0.05) is 6.21 Å². The molecule has 0 saturated carbocycles. The molecule has 3 N–H and O–H groups in total. The Kier molecular flexibility index (Phi) is 5.05. The number of hydrazone groups is 1. The van der Waals surface area contributed by atoms with Crippen LogP contribution in [0.15, 0.2) is 35.4 Å². The number of nitrogens with one attached hydrogen (secondary N) is 1. The van der Waals surface area contributed by atoms with Crippen molar-refractivity contribution >= 4 is 12.2 Å². The van der Waals surface area contributed by atoms with Crippen LogP contribution in [-0.2, 0) is 6.42 Å². The van der Waals surface area contributed by atoms with Crippen molar-refractivity contribution in [2.24, 2.45) is 16.8 Å². The smallest absolute Gasteiger partial charge is 0.332 e. The highest BCUT2D eigenvalue weighted by atomic mass is 16.2. The van der Waals surface area contributed by atoms with Gasteiger partial charge in [-0.3, -0.25) is 0 Å². The minimum Gasteiger partial charge on any atom is -0.350 e. The summed E-state index contributed by atoms with van der Waals surface area (Å²) in [6, 6.07) is 9.64. The van der Waals surface area contributed by atoms with Crippen molar-refractivity contribution in [2.45, 2.75) is 19.8 Å². The predicted molar refractivity (Wildman–Crippen MR) is 65.1 cm³/mol. The lowest BCUT2D eigenvalue weighted by molar-refractivity contribution is 0.249. The highest BCUT2D eigenvalue weighted by Crippen LogP contribution is 2.07. The van der Waals surface area contributed by atoms with Crippen LogP contribution in [0, 0.1) is 5.92 Å². The average molecular weight is 219 g/mol. The molecule has 16 heavy (non-hydrogen) atoms. The number of rotatable bonds is 5. The Labute approximate surface area is 95.5 Å². The van der Waals surface area contributed by atoms with Gasteiger partial charge >= 0.3 is 6.03 Å². The SMILES string of the molecule is CC(/C=N/NC(N)=O)CCc1ccccc1. The minimum atomic E-state index is -0.633. The largest absolute Gasteiger partial charge is 0.350 e. The normalized spacial score (nSPS) is 12.6. The summed E-state index contributed by atoms with van der Waals surface area (Å²) in [6.07, 6.45) is 3.70. The highest BCUT2D eigenvalue weighted by molar-refractivity contribution is 5.73. The molecule has 4 heteroatoms. The molecule has 0 aliphatic rings. The van der Waals surface area contributed by atoms with E-state index in [-0.39, 0.29) is 0 Å². The summed E-state index contributed by atoms with van der Waals surface area (Å²) in [5, 5.41) is 3.73. The lowest BCUT2D eigenvalue weighted by atomic mass is 10.0. The number of hydrogen-bond acceptors (Lipinski definition) is 2. The van der Waals surface area contributed by atoms with Crippen LogP contribution in [0.2, 0.25) is 0 Å². The van der Waals surface area contributed by atoms with Crippen LogP contribution in [0.25, 0.3) is 0 Å². The summed E-state index contributed by atoms with van der Waals surface area (Å²) >= 11 is 0. The molecule has 0 aliphatic heterocycles. The zero-order valence-electron chi connectivity index (χ0n) is 9.39. The fourth-order valence-corrected chi connectivity index (χ4v) is 1.34. The van der Waals surface area contributed by atoms with Gasteiger partial charge in [0.2, 0.25) is 0 Å². The van der Waals surface area contributed by atoms with Crippen LogP contribution in [0.3, 0.4) is 0 Å². The van der Waals surface area contributed by atoms with Crippen molar-refractivity contribution < 1.29 is 4.79 Å². The first-order valence-electron chi connectivity index (χ1n) is 5.31. The molecule has 1 atom stereocenters. The second kappa shape index (κ2) is 6.61. The molecule has 1 rings (SSSR count). The summed E-state index contributed by atoms with van der Waals surface area (Å²) in [6.45, 7) is 2.05. The molecule has 0 aliphatic carbocycles. The Morgan fingerprint density at radius 3 is 2.81 bits per heavy atom. The number of carbonyl (C=O) groups excluding carboxylic acids is 1. The number of benzene rings is 1. The van der Waals surface area contributed by atoms with Crippen LogP contribution in [0.4, 0.5) is 4.79 Å². The van der Waals surface area contributed by atoms with E-state index in [1.54, 1.807) is 6.21 Å². The quantitative estimate of drug-likeness (QED) is 0.576. The Morgan fingerprint density at radius 1 is 1.50 bits per heavy atom. The van der Waals surface area contributed by atoms with Crippen LogP contribution in [-0.4, -0.2) is 12.2 Å². The van der Waals surface area contributed by atoms with Gasteiger partial charge < -0.3 is 5.73 Å². The molecule has 0 aromatic heterocycles. The van der Waals surface area contributed by atoms with Gasteiger partial charge in [-0.1, -0.05) is 37.3 Å². The van der Waals surface area contributed by atoms with E-state index in [1.807, 2.05) is 18.2 Å². The Hall–Kier alpha value is -1.84. The van der Waals surface area contributed by atoms with Gasteiger partial charge in [-0.2, -0.15) is 5.10 Å². The molecule has 1 unspecified atom stereocenters. The zero-order chi connectivity index (χ0) is 11.8. The molecule has 1 aromatic carbocycles. The van der Waals surface area contributed by atoms with E-state index in [9.17, 15) is 4.79 Å². The predicted octanol–water partition coefficient (Wildman–Crippen LogP) is 1.91. The summed E-state index contributed by atoms with van der Waals surface area (Å²) in [4.78, 5) is 10.4. The van der Waals surface area contributed by atoms with Gasteiger partial charge in [0.15, 0.2) is 0 Å². The van der Waals surface area contributed by atoms with Crippen molar-refractivity contribution in [3.63, 3.8) is 0 Å². The van der Waals surface area contributed by atoms with Crippen molar-refractivity contribution in [3.8, 4) is 0 Å². The van der Waals surface area contributed by atoms with Gasteiger partial charge in [0.1, 0.15) is 0 Å². The molecule has 0 bridgehead atoms. The van der Waals surface area contributed by atoms with Crippen molar-refractivity contribution in [1.82, 2.24) is 5.43 Å². The number of nitrogens with zero attached hydrogens (tertiary/aromatic N) is 1. The Balaban J connectivity index is 2.27. The Morgan fingerprint density at radius 2 is 2.19 bits per heavy atom. The molecular formula is C12H17N3O. The van der Waals surface area contributed by atoms with Crippen LogP contribution in [0.1, 0.15) is 18.9 Å². The van der Waals surface area contributed by atoms with E-state index < -0.39 is 6.03 Å². The third-order valence-corrected chi connectivity index (χ3v) is 2.23. The third kappa shape index (κ3) is 5.14. The number of amides is 2. The first-order chi connectivity index (χ1) is 7.68. The molecule has 1 aromatic rings. The number of primary amides is 1. The van der Waals surface area contributed by atoms with Gasteiger partial charge in [0.25, 0.3) is 0 Å². The topological polar surface area (TPSA) is 67.5 Å². The first-order valence-corrected chi connectivity index (χ1v) is 5.31. The van der Waals surface area contributed by atoms with Crippen molar-refractivity contribution in [3.05, 3.63) is 35.9 Å². The van der Waals surface area contributed by atoms with Gasteiger partial charge in [0.05, 0.1) is 0 Å². The number of hydrogen-bond donors (Lipinski definition) is 2. The molecule has 4 nitrogen and oxygen atoms in total. The molecule has 0 fully saturated rings. The molecule has 0 radical (unpaired) electrons. The fraction of sp³-hybridized carbons (Fsp3) is 0.333. The summed E-state index contributed by atoms with van der Waals surface area (Å²) in [7, 11) is 0. The molecule has 0 heterocycles. The van der Waals surface area contributed by atoms with Crippen LogP contribution in [0.5, 0.6) is 0 Å². The molecule has 0 spiro atoms. The molecule has 86 valence electrons. The number of nitrogens with two attached hydrogens (primary N) is 1. The maximum Gasteiger partial charge on any atom is 0.332 e. The van der Waals surface area contributed by atoms with Gasteiger partial charge in [-0.05, 0) is 24.3 Å². The zero-order valence-corrected chi connectivity index (χ0v) is 9.39. The number of aryl methyl sites for hydroxylation is 1. The van der Waals surface area contributed by atoms with E-state index in [1.165, 1.54) is 5.56 Å². The Bertz CT molecular complexity index is 349. The van der Waals surface area contributed by atoms with Gasteiger partial charge in [-0.25, -0.2) is 10.2 Å². The maximum absolute atomic E-state index is 10.4. The van der Waals surface area contributed by atoms with Crippen molar-refractivity contribution in [2.75, 3.05) is 0 Å². The highest BCUT2D eigenvalue weighted by Gasteiger charge is 1.99. The first kappa shape index (κ1) is 12.2. The van der Waals surface area contributed by atoms with E-state index >= 15 is 0 Å². The molecular weight excluding hydrogens is 202 g/mol. The fourth-order valence-electron chi connectivity index (χ4n) is 1.34. The van der Waals surface area contributed by atoms with E-state index in [0.717, 1.165) is 12.8 Å². The maximum atomic E-state index is 10.4. The lowest BCUT2D eigenvalue weighted by Crippen LogP contribution is -2.24. The second-order valence-corrected chi connectivity index (χ2v) is 3.76. The summed E-state index contributed by atoms with van der Waals surface area (Å²) in [5.74, 6) is 0.312. The average Bonchev–Trinajstić information content (AvgIpc) is 2.27. The van der Waals surface area contributed by atoms with Gasteiger partial charge in [-0.15, -0.1) is 0 Å². The summed E-state index contributed by atoms with van der Waals surface area (Å²) < 4.78 is 0. The number of urea groups is 1. The molecule has 2 amide bonds. The molecule has 0 saturated heterocycles. The number of carbonyl (C=O) groups is 1. The monoisotopic (exact) mass is 219 g/mol. The van der Waals surface area contributed by atoms with Crippen LogP contribution < -0.4 is 11.2 Å². The van der Waals surface area contributed by atoms with Crippen LogP contribution >= 0.6 is 0 Å². The summed E-state index contributed by atoms with van der Waals surface area (Å²) in [5.41, 5.74) is 8.37. The second-order valence-electron chi connectivity index (χ2n) is 3.76. The van der Waals surface area contributed by atoms with E-state index in [0.29, 0.717) is 5.92 Å². The van der Waals surface area contributed by atoms with E-state index in [4.69, 9.17) is 5.73 Å².